The van der Waals surface area contributed by atoms with Crippen LogP contribution in [0.2, 0.25) is 0 Å². The SMILES string of the molecule is COc1cc2oc(-c3ccc(O)c(O)c3)c(OC3OC(CO)C(O)C(O)C3O)c(=O)c2c(O)c1OC. The predicted octanol–water partition coefficient (Wildman–Crippen LogP) is -0.227. The Morgan fingerprint density at radius 2 is 1.64 bits per heavy atom. The number of phenols is 3. The number of aliphatic hydroxyl groups excluding tert-OH is 4. The van der Waals surface area contributed by atoms with Crippen molar-refractivity contribution in [1.29, 1.82) is 0 Å². The highest BCUT2D eigenvalue weighted by Crippen LogP contribution is 2.44. The molecule has 194 valence electrons. The molecule has 13 nitrogen and oxygen atoms in total. The molecule has 1 aliphatic heterocycles. The van der Waals surface area contributed by atoms with Crippen LogP contribution in [0, 0.1) is 0 Å². The van der Waals surface area contributed by atoms with Gasteiger partial charge in [0.15, 0.2) is 28.8 Å². The smallest absolute Gasteiger partial charge is 0.239 e. The molecule has 1 saturated heterocycles. The summed E-state index contributed by atoms with van der Waals surface area (Å²) in [4.78, 5) is 13.6. The van der Waals surface area contributed by atoms with Gasteiger partial charge < -0.3 is 59.1 Å². The van der Waals surface area contributed by atoms with Crippen molar-refractivity contribution in [3.63, 3.8) is 0 Å². The van der Waals surface area contributed by atoms with Crippen LogP contribution in [-0.4, -0.2) is 87.3 Å². The number of fused-ring (bicyclic) bond motifs is 1. The van der Waals surface area contributed by atoms with Crippen LogP contribution in [0.4, 0.5) is 0 Å². The van der Waals surface area contributed by atoms with Crippen LogP contribution in [0.1, 0.15) is 0 Å². The highest BCUT2D eigenvalue weighted by molar-refractivity contribution is 5.91. The molecular weight excluding hydrogens is 484 g/mol. The zero-order valence-electron chi connectivity index (χ0n) is 19.0. The molecule has 0 saturated carbocycles. The summed E-state index contributed by atoms with van der Waals surface area (Å²) in [6.07, 6.45) is -8.44. The number of phenolic OH excluding ortho intramolecular Hbond substituents is 3. The Labute approximate surface area is 202 Å². The second-order valence-electron chi connectivity index (χ2n) is 7.94. The van der Waals surface area contributed by atoms with E-state index in [0.29, 0.717) is 0 Å². The Kier molecular flexibility index (Phi) is 6.84. The molecule has 5 atom stereocenters. The summed E-state index contributed by atoms with van der Waals surface area (Å²) in [5.41, 5.74) is -1.09. The number of aliphatic hydroxyl groups is 4. The van der Waals surface area contributed by atoms with E-state index < -0.39 is 65.7 Å². The van der Waals surface area contributed by atoms with Crippen LogP contribution >= 0.6 is 0 Å². The fourth-order valence-electron chi connectivity index (χ4n) is 3.87. The summed E-state index contributed by atoms with van der Waals surface area (Å²) in [6, 6.07) is 4.76. The minimum atomic E-state index is -1.86. The van der Waals surface area contributed by atoms with Crippen LogP contribution in [0.15, 0.2) is 33.5 Å². The number of ether oxygens (including phenoxy) is 4. The molecule has 1 fully saturated rings. The Bertz CT molecular complexity index is 1330. The largest absolute Gasteiger partial charge is 0.504 e. The van der Waals surface area contributed by atoms with Crippen LogP contribution in [-0.2, 0) is 4.74 Å². The predicted molar refractivity (Wildman–Crippen MR) is 120 cm³/mol. The Hall–Kier alpha value is -3.75. The normalized spacial score (nSPS) is 24.0. The molecule has 0 amide bonds. The van der Waals surface area contributed by atoms with Gasteiger partial charge in [-0.25, -0.2) is 0 Å². The van der Waals surface area contributed by atoms with Crippen molar-refractivity contribution >= 4 is 11.0 Å². The highest BCUT2D eigenvalue weighted by atomic mass is 16.7. The van der Waals surface area contributed by atoms with Crippen molar-refractivity contribution in [2.24, 2.45) is 0 Å². The minimum Gasteiger partial charge on any atom is -0.504 e. The van der Waals surface area contributed by atoms with E-state index in [9.17, 15) is 40.5 Å². The van der Waals surface area contributed by atoms with Gasteiger partial charge in [-0.2, -0.15) is 0 Å². The third-order valence-electron chi connectivity index (χ3n) is 5.78. The molecular formula is C23H24O13. The number of benzene rings is 2. The lowest BCUT2D eigenvalue weighted by Gasteiger charge is -2.39. The number of hydrogen-bond donors (Lipinski definition) is 7. The maximum atomic E-state index is 13.6. The number of aromatic hydroxyl groups is 3. The number of rotatable bonds is 6. The van der Waals surface area contributed by atoms with Gasteiger partial charge in [-0.05, 0) is 18.2 Å². The second-order valence-corrected chi connectivity index (χ2v) is 7.94. The van der Waals surface area contributed by atoms with Crippen molar-refractivity contribution < 1.29 is 59.1 Å². The summed E-state index contributed by atoms with van der Waals surface area (Å²) in [5, 5.41) is 70.0. The maximum absolute atomic E-state index is 13.6. The van der Waals surface area contributed by atoms with E-state index in [1.165, 1.54) is 26.4 Å². The zero-order chi connectivity index (χ0) is 26.3. The van der Waals surface area contributed by atoms with E-state index in [1.54, 1.807) is 0 Å². The Morgan fingerprint density at radius 3 is 2.25 bits per heavy atom. The van der Waals surface area contributed by atoms with Gasteiger partial charge in [0.25, 0.3) is 0 Å². The van der Waals surface area contributed by atoms with Gasteiger partial charge >= 0.3 is 0 Å². The number of methoxy groups -OCH3 is 2. The van der Waals surface area contributed by atoms with Crippen LogP contribution in [0.25, 0.3) is 22.3 Å². The van der Waals surface area contributed by atoms with E-state index in [-0.39, 0.29) is 33.8 Å². The van der Waals surface area contributed by atoms with Gasteiger partial charge in [-0.3, -0.25) is 4.79 Å². The third-order valence-corrected chi connectivity index (χ3v) is 5.78. The third kappa shape index (κ3) is 4.12. The van der Waals surface area contributed by atoms with Gasteiger partial charge in [0.05, 0.1) is 20.8 Å². The first-order valence-electron chi connectivity index (χ1n) is 10.6. The lowest BCUT2D eigenvalue weighted by atomic mass is 9.99. The molecule has 36 heavy (non-hydrogen) atoms. The first-order chi connectivity index (χ1) is 17.1. The number of hydrogen-bond acceptors (Lipinski definition) is 13. The molecule has 0 bridgehead atoms. The average molecular weight is 508 g/mol. The van der Waals surface area contributed by atoms with E-state index in [2.05, 4.69) is 0 Å². The quantitative estimate of drug-likeness (QED) is 0.215. The molecule has 4 rings (SSSR count). The first-order valence-corrected chi connectivity index (χ1v) is 10.6. The molecule has 7 N–H and O–H groups in total. The van der Waals surface area contributed by atoms with Gasteiger partial charge in [0.1, 0.15) is 35.4 Å². The molecule has 0 aliphatic carbocycles. The molecule has 1 aromatic heterocycles. The van der Waals surface area contributed by atoms with Gasteiger partial charge in [-0.1, -0.05) is 0 Å². The highest BCUT2D eigenvalue weighted by Gasteiger charge is 2.45. The molecule has 13 heteroatoms. The Morgan fingerprint density at radius 1 is 0.917 bits per heavy atom. The molecule has 5 unspecified atom stereocenters. The summed E-state index contributed by atoms with van der Waals surface area (Å²) >= 11 is 0. The van der Waals surface area contributed by atoms with E-state index in [4.69, 9.17) is 23.4 Å². The summed E-state index contributed by atoms with van der Waals surface area (Å²) < 4.78 is 27.1. The maximum Gasteiger partial charge on any atom is 0.239 e. The Balaban J connectivity index is 1.96. The zero-order valence-corrected chi connectivity index (χ0v) is 19.0. The molecule has 2 aromatic carbocycles. The first kappa shape index (κ1) is 25.3. The van der Waals surface area contributed by atoms with E-state index in [0.717, 1.165) is 12.1 Å². The summed E-state index contributed by atoms with van der Waals surface area (Å²) in [5.74, 6) is -2.73. The minimum absolute atomic E-state index is 0.0350. The molecule has 0 radical (unpaired) electrons. The van der Waals surface area contributed by atoms with Crippen LogP contribution < -0.4 is 19.6 Å². The lowest BCUT2D eigenvalue weighted by molar-refractivity contribution is -0.277. The summed E-state index contributed by atoms with van der Waals surface area (Å²) in [6.45, 7) is -0.742. The lowest BCUT2D eigenvalue weighted by Crippen LogP contribution is -2.60. The van der Waals surface area contributed by atoms with Crippen molar-refractivity contribution in [3.8, 4) is 45.8 Å². The molecule has 0 spiro atoms. The molecule has 3 aromatic rings. The standard InChI is InChI=1S/C23H24O13/c1-32-12-6-11-14(16(28)21(12)33-2)17(29)22(20(34-11)8-3-4-9(25)10(26)5-8)36-23-19(31)18(30)15(27)13(7-24)35-23/h3-6,13,15,18-19,23-28,30-31H,7H2,1-2H3. The second kappa shape index (κ2) is 9.72. The fourth-order valence-corrected chi connectivity index (χ4v) is 3.87. The van der Waals surface area contributed by atoms with Gasteiger partial charge in [-0.15, -0.1) is 0 Å². The van der Waals surface area contributed by atoms with Gasteiger partial charge in [0.2, 0.25) is 23.2 Å². The van der Waals surface area contributed by atoms with Crippen molar-refractivity contribution in [3.05, 3.63) is 34.5 Å². The van der Waals surface area contributed by atoms with Crippen LogP contribution in [0.5, 0.6) is 34.5 Å². The monoisotopic (exact) mass is 508 g/mol. The van der Waals surface area contributed by atoms with Gasteiger partial charge in [0, 0.05) is 11.6 Å². The van der Waals surface area contributed by atoms with E-state index in [1.807, 2.05) is 0 Å². The fraction of sp³-hybridized carbons (Fsp3) is 0.348. The topological polar surface area (TPSA) is 209 Å². The van der Waals surface area contributed by atoms with Crippen LogP contribution in [0.3, 0.4) is 0 Å². The van der Waals surface area contributed by atoms with E-state index >= 15 is 0 Å². The van der Waals surface area contributed by atoms with Crippen molar-refractivity contribution in [2.45, 2.75) is 30.7 Å². The summed E-state index contributed by atoms with van der Waals surface area (Å²) in [7, 11) is 2.54. The molecule has 2 heterocycles. The molecule has 1 aliphatic rings. The van der Waals surface area contributed by atoms with Crippen molar-refractivity contribution in [1.82, 2.24) is 0 Å². The van der Waals surface area contributed by atoms with Crippen molar-refractivity contribution in [2.75, 3.05) is 20.8 Å². The average Bonchev–Trinajstić information content (AvgIpc) is 2.86.